The molecule has 0 aliphatic rings. The van der Waals surface area contributed by atoms with Crippen LogP contribution in [0.1, 0.15) is 12.5 Å². The highest BCUT2D eigenvalue weighted by molar-refractivity contribution is 9.10. The van der Waals surface area contributed by atoms with Gasteiger partial charge in [-0.3, -0.25) is 5.14 Å². The molecule has 0 radical (unpaired) electrons. The lowest BCUT2D eigenvalue weighted by Crippen LogP contribution is -2.12. The molecular formula is C18H19BrN4O2S. The Hall–Kier alpha value is -2.16. The molecule has 1 aromatic heterocycles. The predicted octanol–water partition coefficient (Wildman–Crippen LogP) is 3.35. The van der Waals surface area contributed by atoms with Crippen LogP contribution in [0.3, 0.4) is 0 Å². The van der Waals surface area contributed by atoms with Gasteiger partial charge in [0.25, 0.3) is 0 Å². The van der Waals surface area contributed by atoms with E-state index in [9.17, 15) is 4.21 Å². The first-order valence-corrected chi connectivity index (χ1v) is 10.5. The Morgan fingerprint density at radius 1 is 1.31 bits per heavy atom. The van der Waals surface area contributed by atoms with Crippen LogP contribution in [-0.4, -0.2) is 26.6 Å². The Kier molecular flexibility index (Phi) is 5.45. The van der Waals surface area contributed by atoms with Gasteiger partial charge >= 0.3 is 0 Å². The van der Waals surface area contributed by atoms with Crippen LogP contribution in [0.15, 0.2) is 52.1 Å². The molecule has 3 N–H and O–H groups in total. The number of ether oxygens (including phenoxy) is 1. The highest BCUT2D eigenvalue weighted by Crippen LogP contribution is 2.32. The molecule has 1 atom stereocenters. The Bertz CT molecular complexity index is 1050. The van der Waals surface area contributed by atoms with E-state index in [4.69, 9.17) is 9.88 Å². The summed E-state index contributed by atoms with van der Waals surface area (Å²) in [5, 5.41) is 9.74. The number of hydrogen-bond acceptors (Lipinski definition) is 5. The molecule has 0 amide bonds. The Morgan fingerprint density at radius 3 is 2.85 bits per heavy atom. The first-order chi connectivity index (χ1) is 12.4. The molecule has 0 aliphatic carbocycles. The van der Waals surface area contributed by atoms with Crippen molar-refractivity contribution >= 4 is 48.2 Å². The van der Waals surface area contributed by atoms with Crippen molar-refractivity contribution in [2.75, 3.05) is 11.9 Å². The highest BCUT2D eigenvalue weighted by Gasteiger charge is 2.10. The van der Waals surface area contributed by atoms with Gasteiger partial charge in [0, 0.05) is 22.9 Å². The molecule has 2 aromatic carbocycles. The average molecular weight is 435 g/mol. The minimum atomic E-state index is -2.74. The Morgan fingerprint density at radius 2 is 2.12 bits per heavy atom. The predicted molar refractivity (Wildman–Crippen MR) is 110 cm³/mol. The normalized spacial score (nSPS) is 13.3. The molecule has 0 saturated carbocycles. The molecule has 1 heterocycles. The highest BCUT2D eigenvalue weighted by atomic mass is 79.9. The molecule has 0 saturated heterocycles. The van der Waals surface area contributed by atoms with Crippen molar-refractivity contribution in [3.05, 3.63) is 52.8 Å². The van der Waals surface area contributed by atoms with Crippen LogP contribution in [0, 0.1) is 0 Å². The number of fused-ring (bicyclic) bond motifs is 1. The van der Waals surface area contributed by atoms with Gasteiger partial charge in [0.05, 0.1) is 19.7 Å². The van der Waals surface area contributed by atoms with E-state index in [1.807, 2.05) is 25.1 Å². The van der Waals surface area contributed by atoms with Crippen LogP contribution in [0.2, 0.25) is 0 Å². The number of nitrogens with zero attached hydrogens (tertiary/aromatic N) is 2. The van der Waals surface area contributed by atoms with E-state index in [-0.39, 0.29) is 0 Å². The maximum atomic E-state index is 11.9. The molecule has 0 spiro atoms. The van der Waals surface area contributed by atoms with Crippen LogP contribution < -0.4 is 15.2 Å². The molecule has 26 heavy (non-hydrogen) atoms. The van der Waals surface area contributed by atoms with Crippen molar-refractivity contribution in [2.24, 2.45) is 5.14 Å². The van der Waals surface area contributed by atoms with Crippen LogP contribution >= 0.6 is 15.9 Å². The number of nitrogens with two attached hydrogens (primary N) is 1. The number of aromatic nitrogens is 2. The smallest absolute Gasteiger partial charge is 0.137 e. The maximum absolute atomic E-state index is 11.9. The fourth-order valence-electron chi connectivity index (χ4n) is 2.49. The third kappa shape index (κ3) is 4.14. The van der Waals surface area contributed by atoms with Crippen molar-refractivity contribution in [3.63, 3.8) is 0 Å². The van der Waals surface area contributed by atoms with Crippen molar-refractivity contribution in [1.82, 2.24) is 9.97 Å². The van der Waals surface area contributed by atoms with Crippen molar-refractivity contribution in [1.29, 1.82) is 0 Å². The molecular weight excluding hydrogens is 416 g/mol. The minimum absolute atomic E-state index is 0.304. The van der Waals surface area contributed by atoms with E-state index in [2.05, 4.69) is 37.1 Å². The first kappa shape index (κ1) is 18.6. The molecule has 0 aliphatic heterocycles. The van der Waals surface area contributed by atoms with E-state index in [0.29, 0.717) is 17.3 Å². The molecule has 6 nitrogen and oxygen atoms in total. The van der Waals surface area contributed by atoms with Gasteiger partial charge in [0.1, 0.15) is 24.5 Å². The summed E-state index contributed by atoms with van der Waals surface area (Å²) < 4.78 is 18.6. The van der Waals surface area contributed by atoms with E-state index in [0.717, 1.165) is 33.3 Å². The number of nitrogens with one attached hydrogen (secondary N) is 1. The van der Waals surface area contributed by atoms with E-state index in [1.54, 1.807) is 18.2 Å². The van der Waals surface area contributed by atoms with Crippen LogP contribution in [0.4, 0.5) is 5.82 Å². The van der Waals surface area contributed by atoms with Gasteiger partial charge in [-0.1, -0.05) is 12.1 Å². The average Bonchev–Trinajstić information content (AvgIpc) is 2.60. The zero-order valence-electron chi connectivity index (χ0n) is 14.2. The molecule has 0 fully saturated rings. The standard InChI is InChI=1S/C18H19BrN4O2S/c1-3-21-18-14-8-15(19)17(9-16(14)22-11-23-18)25-10-12-5-4-6-13(7-12)26(2,20)24/h4-9,11H,2-3,10H2,1H3,(H2,20,24)(H,21,22,23). The zero-order valence-corrected chi connectivity index (χ0v) is 16.6. The number of hydrogen-bond donors (Lipinski definition) is 2. The summed E-state index contributed by atoms with van der Waals surface area (Å²) in [6.45, 7) is 3.09. The number of halogens is 1. The second-order valence-corrected chi connectivity index (χ2v) is 8.49. The van der Waals surface area contributed by atoms with Crippen molar-refractivity contribution in [3.8, 4) is 5.75 Å². The van der Waals surface area contributed by atoms with Crippen LogP contribution in [0.25, 0.3) is 10.9 Å². The topological polar surface area (TPSA) is 90.1 Å². The molecule has 0 bridgehead atoms. The fourth-order valence-corrected chi connectivity index (χ4v) is 3.61. The molecule has 8 heteroatoms. The van der Waals surface area contributed by atoms with Crippen molar-refractivity contribution < 1.29 is 8.95 Å². The van der Waals surface area contributed by atoms with Crippen molar-refractivity contribution in [2.45, 2.75) is 18.4 Å². The summed E-state index contributed by atoms with van der Waals surface area (Å²) in [5.41, 5.74) is 1.64. The van der Waals surface area contributed by atoms with Gasteiger partial charge in [0.2, 0.25) is 0 Å². The fraction of sp³-hybridized carbons (Fsp3) is 0.167. The van der Waals surface area contributed by atoms with E-state index in [1.165, 1.54) is 6.33 Å². The quantitative estimate of drug-likeness (QED) is 0.580. The SMILES string of the molecule is C=S(N)(=O)c1cccc(COc2cc3ncnc(NCC)c3cc2Br)c1. The van der Waals surface area contributed by atoms with Gasteiger partial charge in [-0.25, -0.2) is 14.2 Å². The number of rotatable bonds is 6. The lowest BCUT2D eigenvalue weighted by molar-refractivity contribution is 0.304. The Labute approximate surface area is 161 Å². The largest absolute Gasteiger partial charge is 0.488 e. The monoisotopic (exact) mass is 434 g/mol. The van der Waals surface area contributed by atoms with Gasteiger partial charge in [-0.15, -0.1) is 0 Å². The Balaban J connectivity index is 1.87. The summed E-state index contributed by atoms with van der Waals surface area (Å²) in [5.74, 6) is 4.95. The summed E-state index contributed by atoms with van der Waals surface area (Å²) in [7, 11) is -2.74. The van der Waals surface area contributed by atoms with E-state index < -0.39 is 9.71 Å². The van der Waals surface area contributed by atoms with Gasteiger partial charge < -0.3 is 10.1 Å². The molecule has 3 rings (SSSR count). The van der Waals surface area contributed by atoms with Gasteiger partial charge in [-0.05, 0) is 52.5 Å². The number of anilines is 1. The maximum Gasteiger partial charge on any atom is 0.137 e. The van der Waals surface area contributed by atoms with Crippen LogP contribution in [0.5, 0.6) is 5.75 Å². The van der Waals surface area contributed by atoms with Crippen LogP contribution in [-0.2, 0) is 16.3 Å². The third-order valence-corrected chi connectivity index (χ3v) is 5.40. The lowest BCUT2D eigenvalue weighted by Gasteiger charge is -2.12. The lowest BCUT2D eigenvalue weighted by atomic mass is 10.2. The second kappa shape index (κ2) is 7.61. The number of benzene rings is 2. The third-order valence-electron chi connectivity index (χ3n) is 3.72. The summed E-state index contributed by atoms with van der Waals surface area (Å²) in [6, 6.07) is 10.9. The van der Waals surface area contributed by atoms with E-state index >= 15 is 0 Å². The minimum Gasteiger partial charge on any atom is -0.488 e. The molecule has 3 aromatic rings. The first-order valence-electron chi connectivity index (χ1n) is 7.93. The van der Waals surface area contributed by atoms with Gasteiger partial charge in [0.15, 0.2) is 0 Å². The summed E-state index contributed by atoms with van der Waals surface area (Å²) in [6.07, 6.45) is 1.52. The molecule has 1 unspecified atom stereocenters. The second-order valence-electron chi connectivity index (χ2n) is 5.71. The summed E-state index contributed by atoms with van der Waals surface area (Å²) >= 11 is 3.54. The zero-order chi connectivity index (χ0) is 18.7. The summed E-state index contributed by atoms with van der Waals surface area (Å²) in [4.78, 5) is 9.08. The molecule has 136 valence electrons. The van der Waals surface area contributed by atoms with Gasteiger partial charge in [-0.2, -0.15) is 0 Å².